The zero-order chi connectivity index (χ0) is 18.8. The van der Waals surface area contributed by atoms with Crippen molar-refractivity contribution in [1.82, 2.24) is 20.5 Å². The number of likely N-dealkylation sites (tertiary alicyclic amines) is 1. The van der Waals surface area contributed by atoms with Gasteiger partial charge in [0.05, 0.1) is 0 Å². The van der Waals surface area contributed by atoms with Gasteiger partial charge >= 0.3 is 6.03 Å². The number of anilines is 1. The van der Waals surface area contributed by atoms with Gasteiger partial charge in [-0.15, -0.1) is 0 Å². The number of rotatable bonds is 9. The first-order chi connectivity index (χ1) is 12.6. The highest BCUT2D eigenvalue weighted by Crippen LogP contribution is 2.16. The molecule has 1 fully saturated rings. The Hall–Kier alpha value is -1.82. The molecule has 1 aliphatic heterocycles. The van der Waals surface area contributed by atoms with Crippen LogP contribution in [0.1, 0.15) is 52.0 Å². The lowest BCUT2D eigenvalue weighted by Gasteiger charge is -2.33. The minimum Gasteiger partial charge on any atom is -0.357 e. The number of carbonyl (C=O) groups excluding carboxylic acids is 1. The minimum absolute atomic E-state index is 0.107. The average Bonchev–Trinajstić information content (AvgIpc) is 2.67. The molecule has 1 aromatic heterocycles. The fourth-order valence-electron chi connectivity index (χ4n) is 3.47. The molecule has 1 aromatic rings. The van der Waals surface area contributed by atoms with Crippen molar-refractivity contribution >= 4 is 11.8 Å². The summed E-state index contributed by atoms with van der Waals surface area (Å²) in [4.78, 5) is 21.2. The van der Waals surface area contributed by atoms with Gasteiger partial charge in [-0.2, -0.15) is 0 Å². The molecule has 6 nitrogen and oxygen atoms in total. The van der Waals surface area contributed by atoms with Gasteiger partial charge in [0.25, 0.3) is 0 Å². The summed E-state index contributed by atoms with van der Waals surface area (Å²) < 4.78 is 0. The first-order valence-corrected chi connectivity index (χ1v) is 10.1. The van der Waals surface area contributed by atoms with Crippen LogP contribution in [-0.2, 0) is 6.54 Å². The molecule has 2 heterocycles. The van der Waals surface area contributed by atoms with Gasteiger partial charge in [-0.25, -0.2) is 9.78 Å². The van der Waals surface area contributed by atoms with Crippen molar-refractivity contribution in [3.8, 4) is 0 Å². The Morgan fingerprint density at radius 2 is 2.08 bits per heavy atom. The van der Waals surface area contributed by atoms with E-state index in [1.54, 1.807) is 0 Å². The second kappa shape index (κ2) is 11.0. The fourth-order valence-corrected chi connectivity index (χ4v) is 3.47. The molecule has 1 atom stereocenters. The van der Waals surface area contributed by atoms with E-state index in [-0.39, 0.29) is 6.03 Å². The number of hydrogen-bond donors (Lipinski definition) is 2. The number of nitrogens with zero attached hydrogens (tertiary/aromatic N) is 3. The van der Waals surface area contributed by atoms with Crippen molar-refractivity contribution in [3.05, 3.63) is 23.9 Å². The molecule has 1 aliphatic rings. The van der Waals surface area contributed by atoms with Gasteiger partial charge < -0.3 is 20.4 Å². The number of piperidine rings is 1. The molecule has 6 heteroatoms. The third kappa shape index (κ3) is 6.48. The van der Waals surface area contributed by atoms with Crippen molar-refractivity contribution < 1.29 is 4.79 Å². The molecule has 146 valence electrons. The quantitative estimate of drug-likeness (QED) is 0.664. The Bertz CT molecular complexity index is 530. The molecule has 2 rings (SSSR count). The van der Waals surface area contributed by atoms with Crippen LogP contribution >= 0.6 is 0 Å². The summed E-state index contributed by atoms with van der Waals surface area (Å²) in [7, 11) is 0. The third-order valence-corrected chi connectivity index (χ3v) is 5.20. The zero-order valence-corrected chi connectivity index (χ0v) is 16.6. The zero-order valence-electron chi connectivity index (χ0n) is 16.6. The molecule has 0 radical (unpaired) electrons. The maximum atomic E-state index is 11.9. The van der Waals surface area contributed by atoms with E-state index in [0.717, 1.165) is 37.4 Å². The molecule has 1 saturated heterocycles. The lowest BCUT2D eigenvalue weighted by Crippen LogP contribution is -2.40. The van der Waals surface area contributed by atoms with Gasteiger partial charge in [-0.1, -0.05) is 12.5 Å². The molecule has 0 unspecified atom stereocenters. The SMILES string of the molecule is CCN(CC)c1ccc(CNC(=O)NCCCN2CCCC[C@@H]2C)cn1. The number of carbonyl (C=O) groups is 1. The van der Waals surface area contributed by atoms with E-state index in [1.165, 1.54) is 25.8 Å². The summed E-state index contributed by atoms with van der Waals surface area (Å²) >= 11 is 0. The molecule has 0 bridgehead atoms. The van der Waals surface area contributed by atoms with Crippen molar-refractivity contribution in [2.24, 2.45) is 0 Å². The van der Waals surface area contributed by atoms with Crippen LogP contribution in [0.3, 0.4) is 0 Å². The van der Waals surface area contributed by atoms with E-state index >= 15 is 0 Å². The second-order valence-corrected chi connectivity index (χ2v) is 7.04. The highest BCUT2D eigenvalue weighted by molar-refractivity contribution is 5.73. The largest absolute Gasteiger partial charge is 0.357 e. The van der Waals surface area contributed by atoms with E-state index in [4.69, 9.17) is 0 Å². The highest BCUT2D eigenvalue weighted by Gasteiger charge is 2.17. The fraction of sp³-hybridized carbons (Fsp3) is 0.700. The van der Waals surface area contributed by atoms with Crippen LogP contribution in [0.4, 0.5) is 10.6 Å². The molecular weight excluding hydrogens is 326 g/mol. The van der Waals surface area contributed by atoms with Crippen molar-refractivity contribution in [1.29, 1.82) is 0 Å². The Kier molecular flexibility index (Phi) is 8.68. The topological polar surface area (TPSA) is 60.5 Å². The lowest BCUT2D eigenvalue weighted by molar-refractivity contribution is 0.159. The first-order valence-electron chi connectivity index (χ1n) is 10.1. The second-order valence-electron chi connectivity index (χ2n) is 7.04. The first kappa shape index (κ1) is 20.5. The number of urea groups is 1. The normalized spacial score (nSPS) is 17.7. The van der Waals surface area contributed by atoms with Crippen molar-refractivity contribution in [2.75, 3.05) is 37.6 Å². The predicted octanol–water partition coefficient (Wildman–Crippen LogP) is 2.99. The predicted molar refractivity (Wildman–Crippen MR) is 108 cm³/mol. The van der Waals surface area contributed by atoms with Crippen molar-refractivity contribution in [2.45, 2.75) is 59.0 Å². The molecule has 0 saturated carbocycles. The van der Waals surface area contributed by atoms with Gasteiger partial charge in [0.1, 0.15) is 5.82 Å². The van der Waals surface area contributed by atoms with E-state index in [9.17, 15) is 4.79 Å². The number of pyridine rings is 1. The summed E-state index contributed by atoms with van der Waals surface area (Å²) in [5, 5.41) is 5.86. The molecular formula is C20H35N5O. The molecule has 0 aromatic carbocycles. The Morgan fingerprint density at radius 1 is 1.27 bits per heavy atom. The molecule has 2 N–H and O–H groups in total. The molecule has 0 spiro atoms. The molecule has 2 amide bonds. The number of aromatic nitrogens is 1. The molecule has 26 heavy (non-hydrogen) atoms. The van der Waals surface area contributed by atoms with E-state index in [0.29, 0.717) is 19.1 Å². The van der Waals surface area contributed by atoms with Gasteiger partial charge in [0.2, 0.25) is 0 Å². The van der Waals surface area contributed by atoms with Crippen molar-refractivity contribution in [3.63, 3.8) is 0 Å². The maximum Gasteiger partial charge on any atom is 0.315 e. The summed E-state index contributed by atoms with van der Waals surface area (Å²) in [6, 6.07) is 4.62. The summed E-state index contributed by atoms with van der Waals surface area (Å²) in [5.74, 6) is 0.982. The van der Waals surface area contributed by atoms with Crippen LogP contribution in [0.5, 0.6) is 0 Å². The summed E-state index contributed by atoms with van der Waals surface area (Å²) in [6.45, 7) is 11.9. The van der Waals surface area contributed by atoms with E-state index < -0.39 is 0 Å². The van der Waals surface area contributed by atoms with Gasteiger partial charge in [0, 0.05) is 45.0 Å². The standard InChI is InChI=1S/C20H35N5O/c1-4-24(5-2)19-11-10-18(15-22-19)16-23-20(26)21-12-8-14-25-13-7-6-9-17(25)3/h10-11,15,17H,4-9,12-14,16H2,1-3H3,(H2,21,23,26)/t17-/m0/s1. The van der Waals surface area contributed by atoms with Crippen LogP contribution in [-0.4, -0.2) is 54.7 Å². The number of nitrogens with one attached hydrogen (secondary N) is 2. The smallest absolute Gasteiger partial charge is 0.315 e. The van der Waals surface area contributed by atoms with Gasteiger partial charge in [0.15, 0.2) is 0 Å². The van der Waals surface area contributed by atoms with Crippen LogP contribution in [0, 0.1) is 0 Å². The van der Waals surface area contributed by atoms with Crippen LogP contribution in [0.2, 0.25) is 0 Å². The van der Waals surface area contributed by atoms with Gasteiger partial charge in [-0.05, 0) is 58.2 Å². The van der Waals surface area contributed by atoms with Gasteiger partial charge in [-0.3, -0.25) is 0 Å². The monoisotopic (exact) mass is 361 g/mol. The van der Waals surface area contributed by atoms with Crippen LogP contribution < -0.4 is 15.5 Å². The van der Waals surface area contributed by atoms with Crippen LogP contribution in [0.25, 0.3) is 0 Å². The third-order valence-electron chi connectivity index (χ3n) is 5.20. The van der Waals surface area contributed by atoms with E-state index in [1.807, 2.05) is 18.3 Å². The Labute approximate surface area is 158 Å². The Morgan fingerprint density at radius 3 is 2.73 bits per heavy atom. The highest BCUT2D eigenvalue weighted by atomic mass is 16.2. The van der Waals surface area contributed by atoms with E-state index in [2.05, 4.69) is 46.2 Å². The summed E-state index contributed by atoms with van der Waals surface area (Å²) in [6.07, 6.45) is 6.79. The number of hydrogen-bond acceptors (Lipinski definition) is 4. The number of amides is 2. The summed E-state index contributed by atoms with van der Waals surface area (Å²) in [5.41, 5.74) is 1.01. The average molecular weight is 362 g/mol. The van der Waals surface area contributed by atoms with Crippen LogP contribution in [0.15, 0.2) is 18.3 Å². The maximum absolute atomic E-state index is 11.9. The Balaban J connectivity index is 1.62. The minimum atomic E-state index is -0.107. The molecule has 0 aliphatic carbocycles. The lowest BCUT2D eigenvalue weighted by atomic mass is 10.0.